The van der Waals surface area contributed by atoms with E-state index in [1.165, 1.54) is 29.5 Å². The van der Waals surface area contributed by atoms with Crippen molar-refractivity contribution in [3.05, 3.63) is 58.1 Å². The standard InChI is InChI=1S/C25H30O3/c1-23(2)9-10-24(3,4)19-13-17(7-8-18(19)23)25(5)15-28-22-20(25)11-16(14-26)12-21(22)27-6/h7-8,11-14H,9-10,15H2,1-6H3. The number of hydrogen-bond acceptors (Lipinski definition) is 3. The van der Waals surface area contributed by atoms with Gasteiger partial charge in [0, 0.05) is 11.1 Å². The predicted molar refractivity (Wildman–Crippen MR) is 112 cm³/mol. The average Bonchev–Trinajstić information content (AvgIpc) is 3.02. The summed E-state index contributed by atoms with van der Waals surface area (Å²) >= 11 is 0. The second-order valence-corrected chi connectivity index (χ2v) is 9.87. The lowest BCUT2D eigenvalue weighted by Gasteiger charge is -2.42. The highest BCUT2D eigenvalue weighted by Crippen LogP contribution is 2.51. The van der Waals surface area contributed by atoms with Crippen LogP contribution in [0.3, 0.4) is 0 Å². The molecule has 28 heavy (non-hydrogen) atoms. The summed E-state index contributed by atoms with van der Waals surface area (Å²) < 4.78 is 11.6. The van der Waals surface area contributed by atoms with Crippen LogP contribution in [-0.4, -0.2) is 20.0 Å². The maximum Gasteiger partial charge on any atom is 0.165 e. The van der Waals surface area contributed by atoms with E-state index in [-0.39, 0.29) is 16.2 Å². The van der Waals surface area contributed by atoms with E-state index in [1.54, 1.807) is 13.2 Å². The first-order valence-electron chi connectivity index (χ1n) is 10.1. The molecule has 3 heteroatoms. The molecule has 4 rings (SSSR count). The van der Waals surface area contributed by atoms with Crippen molar-refractivity contribution < 1.29 is 14.3 Å². The molecule has 0 bridgehead atoms. The van der Waals surface area contributed by atoms with Gasteiger partial charge in [-0.1, -0.05) is 45.9 Å². The summed E-state index contributed by atoms with van der Waals surface area (Å²) in [4.78, 5) is 11.5. The normalized spacial score (nSPS) is 24.1. The first kappa shape index (κ1) is 19.0. The monoisotopic (exact) mass is 378 g/mol. The molecule has 3 nitrogen and oxygen atoms in total. The first-order chi connectivity index (χ1) is 13.1. The van der Waals surface area contributed by atoms with Gasteiger partial charge in [0.15, 0.2) is 11.5 Å². The summed E-state index contributed by atoms with van der Waals surface area (Å²) in [5.41, 5.74) is 5.82. The Balaban J connectivity index is 1.90. The van der Waals surface area contributed by atoms with Gasteiger partial charge in [-0.05, 0) is 59.4 Å². The largest absolute Gasteiger partial charge is 0.493 e. The minimum atomic E-state index is -0.311. The molecule has 1 unspecified atom stereocenters. The van der Waals surface area contributed by atoms with Crippen molar-refractivity contribution in [3.63, 3.8) is 0 Å². The topological polar surface area (TPSA) is 35.5 Å². The first-order valence-corrected chi connectivity index (χ1v) is 10.1. The van der Waals surface area contributed by atoms with Gasteiger partial charge < -0.3 is 9.47 Å². The molecule has 0 fully saturated rings. The van der Waals surface area contributed by atoms with Gasteiger partial charge in [0.05, 0.1) is 12.5 Å². The molecule has 1 aliphatic heterocycles. The van der Waals surface area contributed by atoms with Crippen LogP contribution in [0.15, 0.2) is 30.3 Å². The molecule has 0 saturated heterocycles. The molecule has 0 amide bonds. The summed E-state index contributed by atoms with van der Waals surface area (Å²) in [6, 6.07) is 10.6. The predicted octanol–water partition coefficient (Wildman–Crippen LogP) is 5.56. The summed E-state index contributed by atoms with van der Waals surface area (Å²) in [6.45, 7) is 12.1. The highest BCUT2D eigenvalue weighted by Gasteiger charge is 2.43. The fourth-order valence-corrected chi connectivity index (χ4v) is 4.87. The number of hydrogen-bond donors (Lipinski definition) is 0. The number of aldehydes is 1. The molecule has 0 aromatic heterocycles. The van der Waals surface area contributed by atoms with Crippen molar-refractivity contribution in [2.24, 2.45) is 0 Å². The fourth-order valence-electron chi connectivity index (χ4n) is 4.87. The van der Waals surface area contributed by atoms with E-state index in [0.717, 1.165) is 17.6 Å². The summed E-state index contributed by atoms with van der Waals surface area (Å²) in [6.07, 6.45) is 3.26. The lowest BCUT2D eigenvalue weighted by Crippen LogP contribution is -2.35. The van der Waals surface area contributed by atoms with Gasteiger partial charge in [-0.2, -0.15) is 0 Å². The molecule has 0 spiro atoms. The Morgan fingerprint density at radius 2 is 1.61 bits per heavy atom. The van der Waals surface area contributed by atoms with E-state index in [4.69, 9.17) is 9.47 Å². The summed E-state index contributed by atoms with van der Waals surface area (Å²) in [7, 11) is 1.62. The highest BCUT2D eigenvalue weighted by atomic mass is 16.5. The van der Waals surface area contributed by atoms with Crippen molar-refractivity contribution >= 4 is 6.29 Å². The van der Waals surface area contributed by atoms with Crippen LogP contribution >= 0.6 is 0 Å². The molecule has 1 aliphatic carbocycles. The third kappa shape index (κ3) is 2.67. The Labute approximate surface area is 168 Å². The zero-order valence-electron chi connectivity index (χ0n) is 17.8. The Morgan fingerprint density at radius 3 is 2.25 bits per heavy atom. The quantitative estimate of drug-likeness (QED) is 0.657. The lowest BCUT2D eigenvalue weighted by molar-refractivity contribution is 0.112. The third-order valence-electron chi connectivity index (χ3n) is 7.02. The molecule has 1 heterocycles. The number of benzene rings is 2. The average molecular weight is 379 g/mol. The second kappa shape index (κ2) is 6.10. The number of ether oxygens (including phenoxy) is 2. The Bertz CT molecular complexity index is 955. The van der Waals surface area contributed by atoms with Crippen LogP contribution in [0.4, 0.5) is 0 Å². The Hall–Kier alpha value is -2.29. The van der Waals surface area contributed by atoms with Crippen LogP contribution in [0.25, 0.3) is 0 Å². The molecule has 0 N–H and O–H groups in total. The van der Waals surface area contributed by atoms with Crippen LogP contribution in [0, 0.1) is 0 Å². The molecule has 0 saturated carbocycles. The van der Waals surface area contributed by atoms with Gasteiger partial charge in [0.1, 0.15) is 12.9 Å². The second-order valence-electron chi connectivity index (χ2n) is 9.87. The summed E-state index contributed by atoms with van der Waals surface area (Å²) in [5, 5.41) is 0. The van der Waals surface area contributed by atoms with Crippen LogP contribution < -0.4 is 9.47 Å². The van der Waals surface area contributed by atoms with Crippen molar-refractivity contribution in [2.75, 3.05) is 13.7 Å². The van der Waals surface area contributed by atoms with Crippen molar-refractivity contribution in [1.82, 2.24) is 0 Å². The molecule has 148 valence electrons. The van der Waals surface area contributed by atoms with Crippen molar-refractivity contribution in [2.45, 2.75) is 63.7 Å². The van der Waals surface area contributed by atoms with Crippen molar-refractivity contribution in [1.29, 1.82) is 0 Å². The lowest BCUT2D eigenvalue weighted by atomic mass is 9.62. The zero-order valence-corrected chi connectivity index (χ0v) is 17.8. The van der Waals surface area contributed by atoms with E-state index in [0.29, 0.717) is 17.9 Å². The van der Waals surface area contributed by atoms with Crippen molar-refractivity contribution in [3.8, 4) is 11.5 Å². The number of rotatable bonds is 3. The Morgan fingerprint density at radius 1 is 0.929 bits per heavy atom. The third-order valence-corrected chi connectivity index (χ3v) is 7.02. The van der Waals surface area contributed by atoms with Crippen LogP contribution in [-0.2, 0) is 16.2 Å². The smallest absolute Gasteiger partial charge is 0.165 e. The number of methoxy groups -OCH3 is 1. The molecular formula is C25H30O3. The van der Waals surface area contributed by atoms with Gasteiger partial charge in [0.2, 0.25) is 0 Å². The van der Waals surface area contributed by atoms with Gasteiger partial charge in [-0.3, -0.25) is 4.79 Å². The van der Waals surface area contributed by atoms with Gasteiger partial charge >= 0.3 is 0 Å². The van der Waals surface area contributed by atoms with Gasteiger partial charge in [0.25, 0.3) is 0 Å². The number of carbonyl (C=O) groups excluding carboxylic acids is 1. The van der Waals surface area contributed by atoms with E-state index < -0.39 is 0 Å². The minimum absolute atomic E-state index is 0.155. The molecule has 1 atom stereocenters. The Kier molecular flexibility index (Phi) is 4.15. The zero-order chi connectivity index (χ0) is 20.3. The van der Waals surface area contributed by atoms with Gasteiger partial charge in [-0.15, -0.1) is 0 Å². The van der Waals surface area contributed by atoms with Gasteiger partial charge in [-0.25, -0.2) is 0 Å². The highest BCUT2D eigenvalue weighted by molar-refractivity contribution is 5.78. The molecular weight excluding hydrogens is 348 g/mol. The molecule has 0 radical (unpaired) electrons. The number of carbonyl (C=O) groups is 1. The van der Waals surface area contributed by atoms with Crippen LogP contribution in [0.1, 0.15) is 80.1 Å². The number of fused-ring (bicyclic) bond motifs is 2. The van der Waals surface area contributed by atoms with Crippen LogP contribution in [0.2, 0.25) is 0 Å². The fraction of sp³-hybridized carbons (Fsp3) is 0.480. The molecule has 2 aromatic carbocycles. The van der Waals surface area contributed by atoms with E-state index in [9.17, 15) is 4.79 Å². The van der Waals surface area contributed by atoms with E-state index in [1.807, 2.05) is 6.07 Å². The SMILES string of the molecule is COc1cc(C=O)cc2c1OCC2(C)c1ccc2c(c1)C(C)(C)CCC2(C)C. The molecule has 2 aliphatic rings. The molecule has 2 aromatic rings. The van der Waals surface area contributed by atoms with E-state index >= 15 is 0 Å². The summed E-state index contributed by atoms with van der Waals surface area (Å²) in [5.74, 6) is 1.38. The van der Waals surface area contributed by atoms with E-state index in [2.05, 4.69) is 52.8 Å². The van der Waals surface area contributed by atoms with Crippen LogP contribution in [0.5, 0.6) is 11.5 Å². The maximum atomic E-state index is 11.5. The maximum absolute atomic E-state index is 11.5. The minimum Gasteiger partial charge on any atom is -0.493 e.